The van der Waals surface area contributed by atoms with Crippen LogP contribution in [0, 0.1) is 0 Å². The van der Waals surface area contributed by atoms with Crippen LogP contribution in [0.15, 0.2) is 169 Å². The van der Waals surface area contributed by atoms with Gasteiger partial charge in [-0.15, -0.1) is 15.3 Å². The van der Waals surface area contributed by atoms with Gasteiger partial charge in [0, 0.05) is 38.6 Å². The van der Waals surface area contributed by atoms with Gasteiger partial charge in [-0.1, -0.05) is 103 Å². The fraction of sp³-hybridized carbons (Fsp3) is 0.148. The molecule has 0 saturated carbocycles. The molecule has 0 aliphatic rings. The first kappa shape index (κ1) is 59.5. The largest absolute Gasteiger partial charge is 2.00 e. The van der Waals surface area contributed by atoms with Crippen molar-refractivity contribution in [2.75, 3.05) is 18.5 Å². The van der Waals surface area contributed by atoms with Gasteiger partial charge in [0.25, 0.3) is 26.1 Å². The molecule has 392 valence electrons. The molecule has 0 spiro atoms. The van der Waals surface area contributed by atoms with Crippen LogP contribution in [0.25, 0.3) is 21.5 Å². The summed E-state index contributed by atoms with van der Waals surface area (Å²) < 4.78 is 79.1. The number of hydrogen-bond acceptors (Lipinski definition) is 15. The van der Waals surface area contributed by atoms with E-state index in [1.54, 1.807) is 111 Å². The summed E-state index contributed by atoms with van der Waals surface area (Å²) in [5.41, 5.74) is 0.206. The molecule has 0 bridgehead atoms. The van der Waals surface area contributed by atoms with E-state index in [4.69, 9.17) is 32.7 Å². The second-order valence-corrected chi connectivity index (χ2v) is 19.8. The van der Waals surface area contributed by atoms with Crippen molar-refractivity contribution < 1.29 is 55.5 Å². The molecule has 0 aromatic heterocycles. The first-order valence-corrected chi connectivity index (χ1v) is 26.8. The zero-order valence-corrected chi connectivity index (χ0v) is 46.9. The molecule has 23 heteroatoms. The minimum atomic E-state index is -4.72. The Hall–Kier alpha value is -6.72. The van der Waals surface area contributed by atoms with Crippen molar-refractivity contribution in [3.8, 4) is 23.0 Å². The molecule has 0 saturated heterocycles. The average Bonchev–Trinajstić information content (AvgIpc) is 3.39. The maximum atomic E-state index is 13.4. The van der Waals surface area contributed by atoms with Crippen LogP contribution in [0.4, 0.5) is 34.1 Å². The van der Waals surface area contributed by atoms with Crippen LogP contribution in [0.3, 0.4) is 0 Å². The molecule has 18 nitrogen and oxygen atoms in total. The topological polar surface area (TPSA) is 284 Å². The van der Waals surface area contributed by atoms with Gasteiger partial charge in [-0.3, -0.25) is 18.9 Å². The Balaban J connectivity index is 0.000000246. The van der Waals surface area contributed by atoms with E-state index in [0.717, 1.165) is 0 Å². The first-order chi connectivity index (χ1) is 36.3. The number of azo groups is 2. The minimum Gasteiger partial charge on any atom is -0.871 e. The molecule has 8 rings (SSSR count). The summed E-state index contributed by atoms with van der Waals surface area (Å²) in [7, 11) is -9.41. The Morgan fingerprint density at radius 3 is 1.61 bits per heavy atom. The fourth-order valence-electron chi connectivity index (χ4n) is 7.96. The number of rotatable bonds is 16. The van der Waals surface area contributed by atoms with Crippen LogP contribution < -0.4 is 25.0 Å². The number of ether oxygens (including phenoxy) is 2. The van der Waals surface area contributed by atoms with E-state index in [9.17, 15) is 46.1 Å². The summed E-state index contributed by atoms with van der Waals surface area (Å²) >= 11 is 12.3. The zero-order chi connectivity index (χ0) is 54.9. The van der Waals surface area contributed by atoms with Crippen LogP contribution >= 0.6 is 23.2 Å². The van der Waals surface area contributed by atoms with Crippen LogP contribution in [0.5, 0.6) is 23.0 Å². The maximum absolute atomic E-state index is 13.4. The van der Waals surface area contributed by atoms with Gasteiger partial charge in [0.15, 0.2) is 5.75 Å². The van der Waals surface area contributed by atoms with E-state index in [-0.39, 0.29) is 106 Å². The number of nitrogens with zero attached hydrogens (tertiary/aromatic N) is 5. The van der Waals surface area contributed by atoms with Gasteiger partial charge in [0.2, 0.25) is 0 Å². The van der Waals surface area contributed by atoms with E-state index in [1.807, 2.05) is 13.8 Å². The molecule has 0 aliphatic heterocycles. The normalized spacial score (nSPS) is 11.9. The van der Waals surface area contributed by atoms with Gasteiger partial charge in [-0.2, -0.15) is 21.9 Å². The summed E-state index contributed by atoms with van der Waals surface area (Å²) in [6.45, 7) is 7.93. The van der Waals surface area contributed by atoms with Crippen LogP contribution in [-0.2, 0) is 33.1 Å². The maximum Gasteiger partial charge on any atom is 2.00 e. The molecule has 0 atom stereocenters. The van der Waals surface area contributed by atoms with Gasteiger partial charge in [0.05, 0.1) is 30.2 Å². The van der Waals surface area contributed by atoms with Crippen LogP contribution in [0.1, 0.15) is 54.7 Å². The Labute approximate surface area is 483 Å². The van der Waals surface area contributed by atoms with Crippen LogP contribution in [0.2, 0.25) is 10.0 Å². The molecule has 0 aliphatic carbocycles. The smallest absolute Gasteiger partial charge is 0.871 e. The molecule has 0 heterocycles. The van der Waals surface area contributed by atoms with Crippen molar-refractivity contribution in [3.63, 3.8) is 0 Å². The van der Waals surface area contributed by atoms with Gasteiger partial charge >= 0.3 is 37.7 Å². The third-order valence-corrected chi connectivity index (χ3v) is 14.0. The van der Waals surface area contributed by atoms with Crippen molar-refractivity contribution in [1.82, 2.24) is 0 Å². The van der Waals surface area contributed by atoms with Gasteiger partial charge in [0.1, 0.15) is 38.4 Å². The molecule has 77 heavy (non-hydrogen) atoms. The SMILES string of the molecule is CCOc1cccc(N=C([O-])c2cc3ccccc3c(N=Nc3ccc(Cl)c(CC)c3S(=O)(=O)O)c2[O-])c1.CCOc1cccc(NC(=O)c2cc3ccccc3c(N=Nc3ccc(Cl)c(CC)c3S(=O)(=O)O)c2O)c1.[Ca+2]. The first-order valence-electron chi connectivity index (χ1n) is 23.2. The number of carbonyl (C=O) groups is 1. The van der Waals surface area contributed by atoms with Crippen molar-refractivity contribution in [2.45, 2.75) is 50.3 Å². The third kappa shape index (κ3) is 14.1. The standard InChI is InChI=1S/2C27H24ClN3O6S.Ca/c2*1-3-19-22(28)12-13-23(26(19)38(34,35)36)30-31-24-20-11-6-5-8-16(20)14-21(25(24)32)27(33)29-17-9-7-10-18(15-17)37-4-2;/h2*5-15,32H,3-4H2,1-2H3,(H,29,33)(H,34,35,36);/q;;+2/p-2. The number of nitrogens with one attached hydrogen (secondary N) is 1. The second-order valence-electron chi connectivity index (χ2n) is 16.2. The Morgan fingerprint density at radius 1 is 0.610 bits per heavy atom. The van der Waals surface area contributed by atoms with E-state index < -0.39 is 53.3 Å². The molecule has 0 radical (unpaired) electrons. The number of fused-ring (bicyclic) bond motifs is 2. The van der Waals surface area contributed by atoms with E-state index in [2.05, 4.69) is 30.8 Å². The third-order valence-electron chi connectivity index (χ3n) is 11.3. The van der Waals surface area contributed by atoms with E-state index in [1.165, 1.54) is 36.4 Å². The zero-order valence-electron chi connectivity index (χ0n) is 41.6. The molecule has 8 aromatic rings. The number of anilines is 1. The van der Waals surface area contributed by atoms with E-state index in [0.29, 0.717) is 57.6 Å². The number of amides is 1. The summed E-state index contributed by atoms with van der Waals surface area (Å²) in [5, 5.41) is 58.8. The number of phenolic OH excluding ortho intramolecular Hbond substituents is 1. The van der Waals surface area contributed by atoms with Crippen molar-refractivity contribution >= 4 is 149 Å². The van der Waals surface area contributed by atoms with Crippen LogP contribution in [-0.4, -0.2) is 93.8 Å². The van der Waals surface area contributed by atoms with Gasteiger partial charge in [-0.05, 0) is 121 Å². The Kier molecular flexibility index (Phi) is 20.2. The molecule has 1 amide bonds. The average molecular weight is 1150 g/mol. The van der Waals surface area contributed by atoms with Gasteiger partial charge in [-0.25, -0.2) is 0 Å². The predicted octanol–water partition coefficient (Wildman–Crippen LogP) is 12.3. The molecular formula is C54H46CaCl2N6O12S2. The molecule has 8 aromatic carbocycles. The molecular weight excluding hydrogens is 1100 g/mol. The monoisotopic (exact) mass is 1140 g/mol. The number of halogens is 2. The van der Waals surface area contributed by atoms with E-state index >= 15 is 0 Å². The van der Waals surface area contributed by atoms with Crippen molar-refractivity contribution in [3.05, 3.63) is 166 Å². The molecule has 0 fully saturated rings. The van der Waals surface area contributed by atoms with Crippen molar-refractivity contribution in [1.29, 1.82) is 0 Å². The number of phenols is 1. The van der Waals surface area contributed by atoms with Gasteiger partial charge < -0.3 is 30.1 Å². The fourth-order valence-corrected chi connectivity index (χ4v) is 10.5. The number of carbonyl (C=O) groups excluding carboxylic acids is 1. The number of hydrogen-bond donors (Lipinski definition) is 4. The quantitative estimate of drug-likeness (QED) is 0.0231. The molecule has 4 N–H and O–H groups in total. The van der Waals surface area contributed by atoms with Crippen molar-refractivity contribution in [2.24, 2.45) is 25.4 Å². The summed E-state index contributed by atoms with van der Waals surface area (Å²) in [6, 6.07) is 35.4. The molecule has 0 unspecified atom stereocenters. The minimum absolute atomic E-state index is 0. The number of benzene rings is 8. The predicted molar refractivity (Wildman–Crippen MR) is 294 cm³/mol. The number of aromatic hydroxyl groups is 1. The summed E-state index contributed by atoms with van der Waals surface area (Å²) in [4.78, 5) is 16.3. The Bertz CT molecular complexity index is 3860. The summed E-state index contributed by atoms with van der Waals surface area (Å²) in [6.07, 6.45) is 0.411. The summed E-state index contributed by atoms with van der Waals surface area (Å²) in [5.74, 6) is -1.47. The second kappa shape index (κ2) is 26.1. The Morgan fingerprint density at radius 2 is 1.09 bits per heavy atom. The number of aliphatic imine (C=N–C) groups is 1.